The Balaban J connectivity index is 1.31. The second-order valence-corrected chi connectivity index (χ2v) is 10.0. The number of aryl methyl sites for hydroxylation is 1. The predicted octanol–water partition coefficient (Wildman–Crippen LogP) is 3.30. The van der Waals surface area contributed by atoms with Crippen LogP contribution in [0.3, 0.4) is 0 Å². The standard InChI is InChI=1S/C25H26N4O4S/c1-28-17-14-26-24(28)23(30)20-7-9-22(10-8-20)27-25(31)21-11-15-29(16-12-21)34(32,33)18-13-19-5-3-2-4-6-19/h2-10,13-14,17-18,21H,11-12,15-16H2,1H3,(H,27,31)/b18-13+. The van der Waals surface area contributed by atoms with Crippen LogP contribution in [0.5, 0.6) is 0 Å². The molecule has 0 aliphatic carbocycles. The van der Waals surface area contributed by atoms with Crippen molar-refractivity contribution in [3.05, 3.63) is 89.4 Å². The Morgan fingerprint density at radius 2 is 1.71 bits per heavy atom. The fourth-order valence-electron chi connectivity index (χ4n) is 3.85. The minimum absolute atomic E-state index is 0.153. The number of ketones is 1. The third kappa shape index (κ3) is 5.49. The monoisotopic (exact) mass is 478 g/mol. The van der Waals surface area contributed by atoms with Crippen molar-refractivity contribution in [1.29, 1.82) is 0 Å². The van der Waals surface area contributed by atoms with Gasteiger partial charge in [-0.3, -0.25) is 9.59 Å². The number of sulfonamides is 1. The number of anilines is 1. The molecule has 1 aliphatic heterocycles. The summed E-state index contributed by atoms with van der Waals surface area (Å²) >= 11 is 0. The lowest BCUT2D eigenvalue weighted by atomic mass is 9.97. The van der Waals surface area contributed by atoms with E-state index in [1.165, 1.54) is 9.71 Å². The van der Waals surface area contributed by atoms with E-state index in [4.69, 9.17) is 0 Å². The zero-order chi connectivity index (χ0) is 24.1. The normalized spacial score (nSPS) is 15.4. The van der Waals surface area contributed by atoms with Crippen molar-refractivity contribution in [2.24, 2.45) is 13.0 Å². The summed E-state index contributed by atoms with van der Waals surface area (Å²) in [6, 6.07) is 15.9. The molecule has 1 aliphatic rings. The van der Waals surface area contributed by atoms with Gasteiger partial charge in [0.2, 0.25) is 21.7 Å². The Morgan fingerprint density at radius 1 is 1.03 bits per heavy atom. The number of hydrogen-bond donors (Lipinski definition) is 1. The van der Waals surface area contributed by atoms with Gasteiger partial charge in [0.1, 0.15) is 0 Å². The predicted molar refractivity (Wildman–Crippen MR) is 130 cm³/mol. The van der Waals surface area contributed by atoms with Crippen LogP contribution in [0.4, 0.5) is 5.69 Å². The molecule has 9 heteroatoms. The summed E-state index contributed by atoms with van der Waals surface area (Å²) < 4.78 is 28.3. The van der Waals surface area contributed by atoms with Gasteiger partial charge < -0.3 is 9.88 Å². The van der Waals surface area contributed by atoms with Crippen molar-refractivity contribution >= 4 is 33.5 Å². The first-order valence-electron chi connectivity index (χ1n) is 11.0. The number of piperidine rings is 1. The molecule has 176 valence electrons. The van der Waals surface area contributed by atoms with Crippen molar-refractivity contribution in [3.8, 4) is 0 Å². The molecule has 0 saturated carbocycles. The van der Waals surface area contributed by atoms with Crippen molar-refractivity contribution in [2.75, 3.05) is 18.4 Å². The number of carbonyl (C=O) groups is 2. The maximum absolute atomic E-state index is 12.7. The number of hydrogen-bond acceptors (Lipinski definition) is 5. The molecule has 1 N–H and O–H groups in total. The lowest BCUT2D eigenvalue weighted by Crippen LogP contribution is -2.40. The molecule has 1 saturated heterocycles. The van der Waals surface area contributed by atoms with Crippen LogP contribution < -0.4 is 5.32 Å². The number of imidazole rings is 1. The zero-order valence-corrected chi connectivity index (χ0v) is 19.6. The Labute approximate surface area is 199 Å². The average Bonchev–Trinajstić information content (AvgIpc) is 3.29. The van der Waals surface area contributed by atoms with Gasteiger partial charge in [0.25, 0.3) is 0 Å². The van der Waals surface area contributed by atoms with Gasteiger partial charge in [-0.2, -0.15) is 4.31 Å². The van der Waals surface area contributed by atoms with Crippen LogP contribution in [0.2, 0.25) is 0 Å². The van der Waals surface area contributed by atoms with Crippen LogP contribution in [-0.2, 0) is 21.9 Å². The first-order valence-corrected chi connectivity index (χ1v) is 12.5. The molecular formula is C25H26N4O4S. The zero-order valence-electron chi connectivity index (χ0n) is 18.8. The molecule has 4 rings (SSSR count). The smallest absolute Gasteiger partial charge is 0.236 e. The van der Waals surface area contributed by atoms with Gasteiger partial charge in [-0.15, -0.1) is 0 Å². The van der Waals surface area contributed by atoms with Crippen molar-refractivity contribution in [1.82, 2.24) is 13.9 Å². The Hall–Kier alpha value is -3.56. The SMILES string of the molecule is Cn1ccnc1C(=O)c1ccc(NC(=O)C2CCN(S(=O)(=O)/C=C/c3ccccc3)CC2)cc1. The second-order valence-electron chi connectivity index (χ2n) is 8.19. The summed E-state index contributed by atoms with van der Waals surface area (Å²) in [5.41, 5.74) is 1.88. The molecule has 0 bridgehead atoms. The van der Waals surface area contributed by atoms with Gasteiger partial charge in [-0.1, -0.05) is 30.3 Å². The summed E-state index contributed by atoms with van der Waals surface area (Å²) in [6.45, 7) is 0.577. The molecule has 1 amide bonds. The average molecular weight is 479 g/mol. The first-order chi connectivity index (χ1) is 16.3. The van der Waals surface area contributed by atoms with Crippen LogP contribution in [0.15, 0.2) is 72.4 Å². The maximum atomic E-state index is 12.7. The fraction of sp³-hybridized carbons (Fsp3) is 0.240. The highest BCUT2D eigenvalue weighted by atomic mass is 32.2. The Kier molecular flexibility index (Phi) is 7.04. The third-order valence-electron chi connectivity index (χ3n) is 5.86. The lowest BCUT2D eigenvalue weighted by Gasteiger charge is -2.29. The summed E-state index contributed by atoms with van der Waals surface area (Å²) in [5, 5.41) is 4.09. The molecule has 3 aromatic rings. The van der Waals surface area contributed by atoms with Gasteiger partial charge >= 0.3 is 0 Å². The summed E-state index contributed by atoms with van der Waals surface area (Å²) in [4.78, 5) is 29.3. The molecule has 1 aromatic heterocycles. The van der Waals surface area contributed by atoms with Gasteiger partial charge in [0, 0.05) is 55.1 Å². The van der Waals surface area contributed by atoms with Crippen molar-refractivity contribution < 1.29 is 18.0 Å². The largest absolute Gasteiger partial charge is 0.331 e. The molecule has 8 nitrogen and oxygen atoms in total. The van der Waals surface area contributed by atoms with E-state index in [9.17, 15) is 18.0 Å². The van der Waals surface area contributed by atoms with E-state index in [0.29, 0.717) is 29.9 Å². The highest BCUT2D eigenvalue weighted by Crippen LogP contribution is 2.23. The van der Waals surface area contributed by atoms with Crippen LogP contribution in [0, 0.1) is 5.92 Å². The minimum Gasteiger partial charge on any atom is -0.331 e. The molecule has 1 fully saturated rings. The number of carbonyl (C=O) groups excluding carboxylic acids is 2. The third-order valence-corrected chi connectivity index (χ3v) is 7.42. The van der Waals surface area contributed by atoms with E-state index in [1.807, 2.05) is 30.3 Å². The van der Waals surface area contributed by atoms with E-state index < -0.39 is 10.0 Å². The van der Waals surface area contributed by atoms with Gasteiger partial charge in [-0.25, -0.2) is 13.4 Å². The molecule has 0 atom stereocenters. The molecule has 0 radical (unpaired) electrons. The highest BCUT2D eigenvalue weighted by Gasteiger charge is 2.30. The van der Waals surface area contributed by atoms with Gasteiger partial charge in [0.15, 0.2) is 5.82 Å². The summed E-state index contributed by atoms with van der Waals surface area (Å²) in [7, 11) is -1.79. The van der Waals surface area contributed by atoms with Gasteiger partial charge in [-0.05, 0) is 48.7 Å². The summed E-state index contributed by atoms with van der Waals surface area (Å²) in [6.07, 6.45) is 5.74. The van der Waals surface area contributed by atoms with E-state index in [0.717, 1.165) is 5.56 Å². The number of benzene rings is 2. The number of nitrogens with zero attached hydrogens (tertiary/aromatic N) is 3. The van der Waals surface area contributed by atoms with Crippen LogP contribution in [0.25, 0.3) is 6.08 Å². The molecule has 0 spiro atoms. The van der Waals surface area contributed by atoms with Crippen LogP contribution in [-0.4, -0.2) is 47.1 Å². The molecule has 2 heterocycles. The molecule has 0 unspecified atom stereocenters. The number of amides is 1. The van der Waals surface area contributed by atoms with E-state index >= 15 is 0 Å². The van der Waals surface area contributed by atoms with Crippen LogP contribution in [0.1, 0.15) is 34.6 Å². The van der Waals surface area contributed by atoms with Crippen molar-refractivity contribution in [2.45, 2.75) is 12.8 Å². The number of rotatable bonds is 7. The summed E-state index contributed by atoms with van der Waals surface area (Å²) in [5.74, 6) is -0.282. The van der Waals surface area contributed by atoms with E-state index in [-0.39, 0.29) is 30.7 Å². The van der Waals surface area contributed by atoms with Crippen molar-refractivity contribution in [3.63, 3.8) is 0 Å². The molecule has 34 heavy (non-hydrogen) atoms. The molecule has 2 aromatic carbocycles. The Morgan fingerprint density at radius 3 is 2.32 bits per heavy atom. The number of nitrogens with one attached hydrogen (secondary N) is 1. The minimum atomic E-state index is -3.54. The topological polar surface area (TPSA) is 101 Å². The Bertz CT molecular complexity index is 1290. The van der Waals surface area contributed by atoms with Gasteiger partial charge in [0.05, 0.1) is 0 Å². The van der Waals surface area contributed by atoms with E-state index in [1.54, 1.807) is 54.3 Å². The van der Waals surface area contributed by atoms with E-state index in [2.05, 4.69) is 10.3 Å². The second kappa shape index (κ2) is 10.1. The first kappa shape index (κ1) is 23.6. The number of aromatic nitrogens is 2. The quantitative estimate of drug-likeness (QED) is 0.525. The van der Waals surface area contributed by atoms with Crippen LogP contribution >= 0.6 is 0 Å². The highest BCUT2D eigenvalue weighted by molar-refractivity contribution is 7.92. The maximum Gasteiger partial charge on any atom is 0.236 e. The fourth-order valence-corrected chi connectivity index (χ4v) is 5.07. The lowest BCUT2D eigenvalue weighted by molar-refractivity contribution is -0.120. The molecular weight excluding hydrogens is 452 g/mol.